The van der Waals surface area contributed by atoms with Crippen molar-refractivity contribution in [2.24, 2.45) is 5.84 Å². The minimum Gasteiger partial charge on any atom is -0.385 e. The lowest BCUT2D eigenvalue weighted by atomic mass is 10.0. The summed E-state index contributed by atoms with van der Waals surface area (Å²) >= 11 is 0. The number of halogens is 3. The number of benzene rings is 1. The fourth-order valence-electron chi connectivity index (χ4n) is 1.51. The Balaban J connectivity index is 2.89. The molecule has 1 rings (SSSR count). The smallest absolute Gasteiger partial charge is 0.385 e. The highest BCUT2D eigenvalue weighted by atomic mass is 19.4. The number of hydrogen-bond donors (Lipinski definition) is 2. The van der Waals surface area contributed by atoms with Gasteiger partial charge in [-0.15, -0.1) is 0 Å². The van der Waals surface area contributed by atoms with Gasteiger partial charge in [-0.2, -0.15) is 13.2 Å². The van der Waals surface area contributed by atoms with Gasteiger partial charge in [0.1, 0.15) is 0 Å². The molecule has 96 valence electrons. The average Bonchev–Trinajstić information content (AvgIpc) is 2.29. The second-order valence-electron chi connectivity index (χ2n) is 3.62. The summed E-state index contributed by atoms with van der Waals surface area (Å²) in [5.74, 6) is 5.32. The van der Waals surface area contributed by atoms with Crippen LogP contribution in [0.5, 0.6) is 0 Å². The van der Waals surface area contributed by atoms with Crippen molar-refractivity contribution in [3.8, 4) is 0 Å². The number of rotatable bonds is 5. The van der Waals surface area contributed by atoms with Crippen LogP contribution in [0.25, 0.3) is 0 Å². The monoisotopic (exact) mass is 248 g/mol. The van der Waals surface area contributed by atoms with Crippen LogP contribution in [0.2, 0.25) is 0 Å². The topological polar surface area (TPSA) is 47.3 Å². The Morgan fingerprint density at radius 1 is 1.41 bits per heavy atom. The van der Waals surface area contributed by atoms with Gasteiger partial charge >= 0.3 is 6.18 Å². The van der Waals surface area contributed by atoms with Crippen LogP contribution >= 0.6 is 0 Å². The summed E-state index contributed by atoms with van der Waals surface area (Å²) in [6.45, 7) is 0.422. The van der Waals surface area contributed by atoms with E-state index in [9.17, 15) is 13.2 Å². The standard InChI is InChI=1S/C11H15F3N2O/c1-17-6-5-10(16-15)8-3-2-4-9(7-8)11(12,13)14/h2-4,7,10,16H,5-6,15H2,1H3. The minimum absolute atomic E-state index is 0.350. The van der Waals surface area contributed by atoms with Gasteiger partial charge in [0, 0.05) is 19.8 Å². The summed E-state index contributed by atoms with van der Waals surface area (Å²) in [7, 11) is 1.53. The first-order chi connectivity index (χ1) is 7.99. The number of hydrogen-bond acceptors (Lipinski definition) is 3. The number of ether oxygens (including phenoxy) is 1. The van der Waals surface area contributed by atoms with E-state index in [1.54, 1.807) is 6.07 Å². The highest BCUT2D eigenvalue weighted by molar-refractivity contribution is 5.27. The van der Waals surface area contributed by atoms with Gasteiger partial charge in [0.25, 0.3) is 0 Å². The van der Waals surface area contributed by atoms with E-state index in [1.807, 2.05) is 0 Å². The van der Waals surface area contributed by atoms with Gasteiger partial charge in [-0.1, -0.05) is 12.1 Å². The zero-order chi connectivity index (χ0) is 12.9. The Labute approximate surface area is 97.7 Å². The molecule has 3 N–H and O–H groups in total. The lowest BCUT2D eigenvalue weighted by Gasteiger charge is -2.17. The molecule has 0 aliphatic rings. The molecule has 0 heterocycles. The predicted octanol–water partition coefficient (Wildman–Crippen LogP) is 2.25. The first kappa shape index (κ1) is 14.0. The Hall–Kier alpha value is -1.11. The van der Waals surface area contributed by atoms with Crippen LogP contribution in [0, 0.1) is 0 Å². The van der Waals surface area contributed by atoms with Crippen LogP contribution in [-0.2, 0) is 10.9 Å². The Morgan fingerprint density at radius 3 is 2.65 bits per heavy atom. The maximum Gasteiger partial charge on any atom is 0.416 e. The number of hydrazine groups is 1. The zero-order valence-corrected chi connectivity index (χ0v) is 9.42. The van der Waals surface area contributed by atoms with Gasteiger partial charge in [0.2, 0.25) is 0 Å². The molecule has 0 amide bonds. The maximum atomic E-state index is 12.5. The van der Waals surface area contributed by atoms with Gasteiger partial charge in [0.05, 0.1) is 5.56 Å². The summed E-state index contributed by atoms with van der Waals surface area (Å²) in [5, 5.41) is 0. The molecule has 17 heavy (non-hydrogen) atoms. The van der Waals surface area contributed by atoms with Crippen molar-refractivity contribution in [2.75, 3.05) is 13.7 Å². The van der Waals surface area contributed by atoms with E-state index in [4.69, 9.17) is 10.6 Å². The maximum absolute atomic E-state index is 12.5. The normalized spacial score (nSPS) is 13.7. The van der Waals surface area contributed by atoms with Crippen molar-refractivity contribution < 1.29 is 17.9 Å². The Morgan fingerprint density at radius 2 is 2.12 bits per heavy atom. The molecule has 1 aromatic carbocycles. The molecule has 0 fully saturated rings. The summed E-state index contributed by atoms with van der Waals surface area (Å²) in [5.41, 5.74) is 2.31. The largest absolute Gasteiger partial charge is 0.416 e. The van der Waals surface area contributed by atoms with Crippen molar-refractivity contribution in [1.29, 1.82) is 0 Å². The van der Waals surface area contributed by atoms with Crippen LogP contribution in [-0.4, -0.2) is 13.7 Å². The average molecular weight is 248 g/mol. The molecule has 0 bridgehead atoms. The van der Waals surface area contributed by atoms with Gasteiger partial charge in [-0.05, 0) is 24.1 Å². The number of nitrogens with one attached hydrogen (secondary N) is 1. The molecular formula is C11H15F3N2O. The highest BCUT2D eigenvalue weighted by Gasteiger charge is 2.30. The van der Waals surface area contributed by atoms with Crippen molar-refractivity contribution in [3.05, 3.63) is 35.4 Å². The SMILES string of the molecule is COCCC(NN)c1cccc(C(F)(F)F)c1. The van der Waals surface area contributed by atoms with Gasteiger partial charge < -0.3 is 4.74 Å². The highest BCUT2D eigenvalue weighted by Crippen LogP contribution is 2.31. The summed E-state index contributed by atoms with van der Waals surface area (Å²) in [4.78, 5) is 0. The summed E-state index contributed by atoms with van der Waals surface area (Å²) in [6, 6.07) is 4.76. The van der Waals surface area contributed by atoms with E-state index in [1.165, 1.54) is 13.2 Å². The molecule has 1 unspecified atom stereocenters. The van der Waals surface area contributed by atoms with E-state index in [0.717, 1.165) is 12.1 Å². The lowest BCUT2D eigenvalue weighted by molar-refractivity contribution is -0.137. The van der Waals surface area contributed by atoms with Crippen molar-refractivity contribution >= 4 is 0 Å². The molecule has 0 saturated carbocycles. The Kier molecular flexibility index (Phi) is 4.92. The summed E-state index contributed by atoms with van der Waals surface area (Å²) in [6.07, 6.45) is -3.83. The first-order valence-corrected chi connectivity index (χ1v) is 5.11. The third-order valence-corrected chi connectivity index (χ3v) is 2.43. The van der Waals surface area contributed by atoms with Gasteiger partial charge in [-0.25, -0.2) is 0 Å². The van der Waals surface area contributed by atoms with E-state index >= 15 is 0 Å². The number of nitrogens with two attached hydrogens (primary N) is 1. The van der Waals surface area contributed by atoms with E-state index in [2.05, 4.69) is 5.43 Å². The third-order valence-electron chi connectivity index (χ3n) is 2.43. The minimum atomic E-state index is -4.34. The van der Waals surface area contributed by atoms with E-state index in [-0.39, 0.29) is 6.04 Å². The fraction of sp³-hybridized carbons (Fsp3) is 0.455. The fourth-order valence-corrected chi connectivity index (χ4v) is 1.51. The van der Waals surface area contributed by atoms with Crippen molar-refractivity contribution in [3.63, 3.8) is 0 Å². The molecule has 0 aliphatic heterocycles. The molecule has 6 heteroatoms. The van der Waals surface area contributed by atoms with Gasteiger partial charge in [-0.3, -0.25) is 11.3 Å². The molecule has 0 spiro atoms. The first-order valence-electron chi connectivity index (χ1n) is 5.11. The molecule has 0 saturated heterocycles. The van der Waals surface area contributed by atoms with Crippen molar-refractivity contribution in [2.45, 2.75) is 18.6 Å². The van der Waals surface area contributed by atoms with E-state index in [0.29, 0.717) is 18.6 Å². The van der Waals surface area contributed by atoms with Crippen LogP contribution in [0.15, 0.2) is 24.3 Å². The predicted molar refractivity (Wildman–Crippen MR) is 58.0 cm³/mol. The second kappa shape index (κ2) is 6.00. The Bertz CT molecular complexity index is 355. The number of methoxy groups -OCH3 is 1. The van der Waals surface area contributed by atoms with Crippen LogP contribution < -0.4 is 11.3 Å². The molecule has 0 aromatic heterocycles. The number of alkyl halides is 3. The van der Waals surface area contributed by atoms with E-state index < -0.39 is 11.7 Å². The molecule has 0 aliphatic carbocycles. The molecule has 0 radical (unpaired) electrons. The van der Waals surface area contributed by atoms with Crippen molar-refractivity contribution in [1.82, 2.24) is 5.43 Å². The molecule has 1 aromatic rings. The van der Waals surface area contributed by atoms with Crippen LogP contribution in [0.4, 0.5) is 13.2 Å². The lowest BCUT2D eigenvalue weighted by Crippen LogP contribution is -2.29. The second-order valence-corrected chi connectivity index (χ2v) is 3.62. The van der Waals surface area contributed by atoms with Gasteiger partial charge in [0.15, 0.2) is 0 Å². The summed E-state index contributed by atoms with van der Waals surface area (Å²) < 4.78 is 42.4. The third kappa shape index (κ3) is 3.99. The molecule has 3 nitrogen and oxygen atoms in total. The molecular weight excluding hydrogens is 233 g/mol. The quantitative estimate of drug-likeness (QED) is 0.620. The molecule has 1 atom stereocenters. The van der Waals surface area contributed by atoms with Crippen LogP contribution in [0.3, 0.4) is 0 Å². The van der Waals surface area contributed by atoms with Crippen LogP contribution in [0.1, 0.15) is 23.6 Å². The zero-order valence-electron chi connectivity index (χ0n) is 9.42.